The maximum atomic E-state index is 9.90. The third kappa shape index (κ3) is 8.85. The predicted octanol–water partition coefficient (Wildman–Crippen LogP) is 0.143. The summed E-state index contributed by atoms with van der Waals surface area (Å²) in [6.07, 6.45) is 0.384. The molecule has 0 aromatic rings. The zero-order chi connectivity index (χ0) is 4.28. The molecule has 0 aliphatic rings. The van der Waals surface area contributed by atoms with Crippen LogP contribution in [0.5, 0.6) is 0 Å². The van der Waals surface area contributed by atoms with Crippen molar-refractivity contribution in [2.45, 2.75) is 26.4 Å². The molecule has 1 radical (unpaired) electrons. The quantitative estimate of drug-likeness (QED) is 0.541. The molecular weight excluding hydrogens is 155 g/mol. The fraction of sp³-hybridized carbons (Fsp3) is 1.00. The van der Waals surface area contributed by atoms with Gasteiger partial charge in [0, 0.05) is 0 Å². The van der Waals surface area contributed by atoms with E-state index in [1.165, 1.54) is 0 Å². The van der Waals surface area contributed by atoms with Crippen molar-refractivity contribution in [1.82, 2.24) is 0 Å². The Labute approximate surface area is 57.9 Å². The molecule has 0 bridgehead atoms. The molecule has 0 heterocycles. The molecule has 35 valence electrons. The molecular formula is C4H9OZr. The molecule has 0 N–H and O–H groups in total. The molecule has 2 heteroatoms. The van der Waals surface area contributed by atoms with E-state index in [1.54, 1.807) is 6.92 Å². The van der Waals surface area contributed by atoms with Crippen molar-refractivity contribution in [3.63, 3.8) is 0 Å². The van der Waals surface area contributed by atoms with Crippen LogP contribution in [0.15, 0.2) is 0 Å². The summed E-state index contributed by atoms with van der Waals surface area (Å²) < 4.78 is 0. The summed E-state index contributed by atoms with van der Waals surface area (Å²) in [6, 6.07) is 0. The molecule has 1 unspecified atom stereocenters. The Hall–Kier alpha value is 0.843. The Kier molecular flexibility index (Phi) is 9.70. The third-order valence-corrected chi connectivity index (χ3v) is 0.575. The van der Waals surface area contributed by atoms with Crippen molar-refractivity contribution in [1.29, 1.82) is 0 Å². The smallest absolute Gasteiger partial charge is 0.852 e. The van der Waals surface area contributed by atoms with Crippen LogP contribution in [0.4, 0.5) is 0 Å². The van der Waals surface area contributed by atoms with Gasteiger partial charge in [-0.2, -0.15) is 0 Å². The molecule has 0 saturated carbocycles. The van der Waals surface area contributed by atoms with Crippen molar-refractivity contribution in [2.75, 3.05) is 0 Å². The van der Waals surface area contributed by atoms with E-state index in [9.17, 15) is 5.11 Å². The van der Waals surface area contributed by atoms with E-state index in [-0.39, 0.29) is 32.3 Å². The van der Waals surface area contributed by atoms with Gasteiger partial charge >= 0.3 is 26.2 Å². The monoisotopic (exact) mass is 163 g/mol. The summed E-state index contributed by atoms with van der Waals surface area (Å²) in [7, 11) is 0. The Morgan fingerprint density at radius 3 is 1.83 bits per heavy atom. The molecule has 0 rings (SSSR count). The number of hydrogen-bond acceptors (Lipinski definition) is 1. The minimum Gasteiger partial charge on any atom is -0.852 e. The summed E-state index contributed by atoms with van der Waals surface area (Å²) in [5, 5.41) is 9.90. The molecule has 0 saturated heterocycles. The van der Waals surface area contributed by atoms with Gasteiger partial charge in [-0.25, -0.2) is 0 Å². The van der Waals surface area contributed by atoms with Crippen LogP contribution in [0.1, 0.15) is 20.3 Å². The van der Waals surface area contributed by atoms with Crippen LogP contribution in [0.3, 0.4) is 0 Å². The molecule has 0 aromatic heterocycles. The largest absolute Gasteiger partial charge is 1.00 e. The maximum Gasteiger partial charge on any atom is 1.00 e. The molecule has 0 aromatic carbocycles. The first-order chi connectivity index (χ1) is 2.27. The second-order valence-corrected chi connectivity index (χ2v) is 1.22. The third-order valence-electron chi connectivity index (χ3n) is 0.575. The second-order valence-electron chi connectivity index (χ2n) is 1.22. The fourth-order valence-electron chi connectivity index (χ4n) is 0. The van der Waals surface area contributed by atoms with E-state index in [4.69, 9.17) is 0 Å². The van der Waals surface area contributed by atoms with E-state index >= 15 is 0 Å². The second kappa shape index (κ2) is 5.84. The van der Waals surface area contributed by atoms with Gasteiger partial charge in [0.05, 0.1) is 0 Å². The summed E-state index contributed by atoms with van der Waals surface area (Å²) >= 11 is 0. The van der Waals surface area contributed by atoms with Crippen LogP contribution in [-0.2, 0) is 26.2 Å². The maximum absolute atomic E-state index is 9.90. The van der Waals surface area contributed by atoms with Crippen molar-refractivity contribution >= 4 is 0 Å². The van der Waals surface area contributed by atoms with Crippen LogP contribution in [0.2, 0.25) is 0 Å². The van der Waals surface area contributed by atoms with E-state index < -0.39 is 0 Å². The van der Waals surface area contributed by atoms with Crippen LogP contribution >= 0.6 is 0 Å². The van der Waals surface area contributed by atoms with Gasteiger partial charge in [-0.3, -0.25) is 0 Å². The summed E-state index contributed by atoms with van der Waals surface area (Å²) in [4.78, 5) is 0. The molecule has 0 spiro atoms. The van der Waals surface area contributed by atoms with Crippen LogP contribution in [0.25, 0.3) is 0 Å². The van der Waals surface area contributed by atoms with Crippen molar-refractivity contribution in [3.05, 3.63) is 0 Å². The van der Waals surface area contributed by atoms with Crippen molar-refractivity contribution in [3.8, 4) is 0 Å². The molecule has 0 aliphatic heterocycles. The average Bonchev–Trinajstić information content (AvgIpc) is 1.38. The normalized spacial score (nSPS) is 12.5. The van der Waals surface area contributed by atoms with E-state index in [1.807, 2.05) is 6.92 Å². The van der Waals surface area contributed by atoms with Gasteiger partial charge in [0.25, 0.3) is 0 Å². The van der Waals surface area contributed by atoms with Crippen LogP contribution in [-0.4, -0.2) is 6.10 Å². The number of rotatable bonds is 1. The van der Waals surface area contributed by atoms with Gasteiger partial charge < -0.3 is 5.11 Å². The standard InChI is InChI=1S/C4H9O.Zr/c1-3-4(2)5;/h4H,3H2,1-2H3;/q-1;+1. The van der Waals surface area contributed by atoms with Gasteiger partial charge in [0.1, 0.15) is 0 Å². The number of hydrogen-bond donors (Lipinski definition) is 0. The van der Waals surface area contributed by atoms with Gasteiger partial charge in [0.15, 0.2) is 0 Å². The minimum atomic E-state index is -0.366. The minimum absolute atomic E-state index is 0. The van der Waals surface area contributed by atoms with Gasteiger partial charge in [-0.15, -0.1) is 6.10 Å². The summed E-state index contributed by atoms with van der Waals surface area (Å²) in [6.45, 7) is 3.55. The van der Waals surface area contributed by atoms with E-state index in [0.29, 0.717) is 0 Å². The average molecular weight is 164 g/mol. The van der Waals surface area contributed by atoms with E-state index in [2.05, 4.69) is 0 Å². The van der Waals surface area contributed by atoms with Gasteiger partial charge in [-0.1, -0.05) is 20.3 Å². The summed E-state index contributed by atoms with van der Waals surface area (Å²) in [5.41, 5.74) is 0. The molecule has 1 atom stereocenters. The zero-order valence-electron chi connectivity index (χ0n) is 4.19. The molecule has 0 amide bonds. The van der Waals surface area contributed by atoms with E-state index in [0.717, 1.165) is 6.42 Å². The Balaban J connectivity index is 0. The first-order valence-electron chi connectivity index (χ1n) is 1.93. The zero-order valence-corrected chi connectivity index (χ0v) is 6.65. The molecule has 6 heavy (non-hydrogen) atoms. The Morgan fingerprint density at radius 2 is 1.83 bits per heavy atom. The van der Waals surface area contributed by atoms with Crippen molar-refractivity contribution in [2.24, 2.45) is 0 Å². The summed E-state index contributed by atoms with van der Waals surface area (Å²) in [5.74, 6) is 0. The first kappa shape index (κ1) is 9.96. The van der Waals surface area contributed by atoms with Crippen LogP contribution in [0, 0.1) is 0 Å². The molecule has 0 fully saturated rings. The molecule has 0 aliphatic carbocycles. The predicted molar refractivity (Wildman–Crippen MR) is 19.8 cm³/mol. The fourth-order valence-corrected chi connectivity index (χ4v) is 0. The Bertz CT molecular complexity index is 21.5. The van der Waals surface area contributed by atoms with Crippen LogP contribution < -0.4 is 5.11 Å². The van der Waals surface area contributed by atoms with Gasteiger partial charge in [-0.05, 0) is 0 Å². The van der Waals surface area contributed by atoms with Gasteiger partial charge in [0.2, 0.25) is 0 Å². The SMILES string of the molecule is CCC(C)[O-].[Zr+]. The van der Waals surface area contributed by atoms with Crippen molar-refractivity contribution < 1.29 is 31.3 Å². The topological polar surface area (TPSA) is 23.1 Å². The Morgan fingerprint density at radius 1 is 1.67 bits per heavy atom. The first-order valence-corrected chi connectivity index (χ1v) is 1.93. The molecule has 1 nitrogen and oxygen atoms in total.